The number of nitrogens with one attached hydrogen (secondary N) is 2. The quantitative estimate of drug-likeness (QED) is 0.808. The summed E-state index contributed by atoms with van der Waals surface area (Å²) in [4.78, 5) is 42.8. The predicted octanol–water partition coefficient (Wildman–Crippen LogP) is 1.24. The second-order valence-corrected chi connectivity index (χ2v) is 5.29. The van der Waals surface area contributed by atoms with Gasteiger partial charge in [0.1, 0.15) is 6.04 Å². The van der Waals surface area contributed by atoms with E-state index in [4.69, 9.17) is 4.74 Å². The lowest BCUT2D eigenvalue weighted by atomic mass is 9.99. The maximum Gasteiger partial charge on any atom is 0.328 e. The Bertz CT molecular complexity index is 784. The number of aromatic amines is 1. The number of benzene rings is 1. The lowest BCUT2D eigenvalue weighted by molar-refractivity contribution is -0.144. The van der Waals surface area contributed by atoms with Gasteiger partial charge in [0.05, 0.1) is 18.0 Å². The summed E-state index contributed by atoms with van der Waals surface area (Å²) >= 11 is 0. The van der Waals surface area contributed by atoms with Crippen LogP contribution in [-0.4, -0.2) is 35.0 Å². The Labute approximate surface area is 133 Å². The molecule has 0 aliphatic heterocycles. The minimum Gasteiger partial charge on any atom is -0.467 e. The maximum atomic E-state index is 12.3. The molecule has 0 bridgehead atoms. The highest BCUT2D eigenvalue weighted by atomic mass is 16.5. The number of para-hydroxylation sites is 1. The van der Waals surface area contributed by atoms with E-state index in [0.717, 1.165) is 0 Å². The van der Waals surface area contributed by atoms with Crippen molar-refractivity contribution >= 4 is 22.8 Å². The van der Waals surface area contributed by atoms with Gasteiger partial charge < -0.3 is 15.0 Å². The second kappa shape index (κ2) is 7.04. The van der Waals surface area contributed by atoms with E-state index in [-0.39, 0.29) is 11.7 Å². The molecule has 1 aromatic carbocycles. The van der Waals surface area contributed by atoms with E-state index in [0.29, 0.717) is 17.3 Å². The molecular formula is C16H19N3O4. The molecule has 0 saturated carbocycles. The average molecular weight is 317 g/mol. The van der Waals surface area contributed by atoms with Crippen molar-refractivity contribution < 1.29 is 14.3 Å². The maximum absolute atomic E-state index is 12.3. The van der Waals surface area contributed by atoms with Crippen LogP contribution in [0.5, 0.6) is 0 Å². The third kappa shape index (κ3) is 3.56. The summed E-state index contributed by atoms with van der Waals surface area (Å²) in [6.07, 6.45) is 0.682. The van der Waals surface area contributed by atoms with Gasteiger partial charge in [-0.15, -0.1) is 0 Å². The zero-order valence-electron chi connectivity index (χ0n) is 13.3. The molecule has 0 saturated heterocycles. The molecule has 0 radical (unpaired) electrons. The molecule has 2 aromatic rings. The molecular weight excluding hydrogens is 298 g/mol. The number of rotatable bonds is 5. The zero-order chi connectivity index (χ0) is 17.0. The SMILES string of the molecule is CC[C@H](C)[C@H](NC(=O)c1nc2ccccc2c(=O)[nH]1)C(=O)OC. The van der Waals surface area contributed by atoms with Gasteiger partial charge in [0, 0.05) is 0 Å². The smallest absolute Gasteiger partial charge is 0.328 e. The van der Waals surface area contributed by atoms with Crippen molar-refractivity contribution in [2.45, 2.75) is 26.3 Å². The van der Waals surface area contributed by atoms with Crippen LogP contribution in [0.3, 0.4) is 0 Å². The van der Waals surface area contributed by atoms with Crippen molar-refractivity contribution in [3.05, 3.63) is 40.4 Å². The van der Waals surface area contributed by atoms with Gasteiger partial charge in [-0.1, -0.05) is 32.4 Å². The number of nitrogens with zero attached hydrogens (tertiary/aromatic N) is 1. The molecule has 0 spiro atoms. The fraction of sp³-hybridized carbons (Fsp3) is 0.375. The molecule has 1 aromatic heterocycles. The van der Waals surface area contributed by atoms with Gasteiger partial charge in [0.2, 0.25) is 0 Å². The normalized spacial score (nSPS) is 13.3. The summed E-state index contributed by atoms with van der Waals surface area (Å²) in [6.45, 7) is 3.74. The number of fused-ring (bicyclic) bond motifs is 1. The number of hydrogen-bond donors (Lipinski definition) is 2. The fourth-order valence-electron chi connectivity index (χ4n) is 2.20. The lowest BCUT2D eigenvalue weighted by Gasteiger charge is -2.21. The highest BCUT2D eigenvalue weighted by Crippen LogP contribution is 2.10. The van der Waals surface area contributed by atoms with Crippen LogP contribution in [0.25, 0.3) is 10.9 Å². The van der Waals surface area contributed by atoms with Crippen molar-refractivity contribution in [1.82, 2.24) is 15.3 Å². The first kappa shape index (κ1) is 16.7. The van der Waals surface area contributed by atoms with Gasteiger partial charge in [0.25, 0.3) is 11.5 Å². The zero-order valence-corrected chi connectivity index (χ0v) is 13.3. The number of carbonyl (C=O) groups excluding carboxylic acids is 2. The van der Waals surface area contributed by atoms with Gasteiger partial charge in [-0.2, -0.15) is 0 Å². The monoisotopic (exact) mass is 317 g/mol. The number of carbonyl (C=O) groups is 2. The standard InChI is InChI=1S/C16H19N3O4/c1-4-9(2)12(16(22)23-3)18-15(21)13-17-11-8-6-5-7-10(11)14(20)19-13/h5-9,12H,4H2,1-3H3,(H,18,21)(H,17,19,20)/t9-,12-/m0/s1. The summed E-state index contributed by atoms with van der Waals surface area (Å²) in [5.41, 5.74) is 0.0125. The average Bonchev–Trinajstić information content (AvgIpc) is 2.58. The first-order chi connectivity index (χ1) is 11.0. The van der Waals surface area contributed by atoms with E-state index >= 15 is 0 Å². The fourth-order valence-corrected chi connectivity index (χ4v) is 2.20. The van der Waals surface area contributed by atoms with Crippen LogP contribution in [0.4, 0.5) is 0 Å². The van der Waals surface area contributed by atoms with Crippen LogP contribution in [0.2, 0.25) is 0 Å². The largest absolute Gasteiger partial charge is 0.467 e. The van der Waals surface area contributed by atoms with E-state index in [1.807, 2.05) is 13.8 Å². The van der Waals surface area contributed by atoms with Crippen LogP contribution in [0.1, 0.15) is 30.9 Å². The van der Waals surface area contributed by atoms with Crippen molar-refractivity contribution in [2.75, 3.05) is 7.11 Å². The van der Waals surface area contributed by atoms with Crippen molar-refractivity contribution in [2.24, 2.45) is 5.92 Å². The van der Waals surface area contributed by atoms with Gasteiger partial charge in [-0.3, -0.25) is 9.59 Å². The van der Waals surface area contributed by atoms with E-state index in [9.17, 15) is 14.4 Å². The number of hydrogen-bond acceptors (Lipinski definition) is 5. The van der Waals surface area contributed by atoms with Gasteiger partial charge in [-0.25, -0.2) is 9.78 Å². The Kier molecular flexibility index (Phi) is 5.10. The van der Waals surface area contributed by atoms with Crippen LogP contribution >= 0.6 is 0 Å². The third-order valence-electron chi connectivity index (χ3n) is 3.78. The Morgan fingerprint density at radius 2 is 2.04 bits per heavy atom. The Hall–Kier alpha value is -2.70. The van der Waals surface area contributed by atoms with Crippen LogP contribution in [0.15, 0.2) is 29.1 Å². The van der Waals surface area contributed by atoms with Crippen molar-refractivity contribution in [3.63, 3.8) is 0 Å². The summed E-state index contributed by atoms with van der Waals surface area (Å²) in [6, 6.07) is 5.92. The molecule has 0 aliphatic carbocycles. The van der Waals surface area contributed by atoms with Crippen LogP contribution in [-0.2, 0) is 9.53 Å². The number of H-pyrrole nitrogens is 1. The molecule has 2 N–H and O–H groups in total. The molecule has 0 fully saturated rings. The molecule has 7 heteroatoms. The number of methoxy groups -OCH3 is 1. The number of esters is 1. The second-order valence-electron chi connectivity index (χ2n) is 5.29. The van der Waals surface area contributed by atoms with Crippen LogP contribution in [0, 0.1) is 5.92 Å². The first-order valence-corrected chi connectivity index (χ1v) is 7.35. The number of ether oxygens (including phenoxy) is 1. The summed E-state index contributed by atoms with van der Waals surface area (Å²) in [5.74, 6) is -1.40. The van der Waals surface area contributed by atoms with E-state index < -0.39 is 23.5 Å². The van der Waals surface area contributed by atoms with Crippen molar-refractivity contribution in [1.29, 1.82) is 0 Å². The number of amides is 1. The molecule has 23 heavy (non-hydrogen) atoms. The Balaban J connectivity index is 2.32. The van der Waals surface area contributed by atoms with Gasteiger partial charge in [-0.05, 0) is 18.1 Å². The van der Waals surface area contributed by atoms with E-state index in [1.54, 1.807) is 24.3 Å². The Morgan fingerprint density at radius 1 is 1.35 bits per heavy atom. The minimum atomic E-state index is -0.797. The summed E-state index contributed by atoms with van der Waals surface area (Å²) in [5, 5.41) is 2.98. The molecule has 0 aliphatic rings. The molecule has 7 nitrogen and oxygen atoms in total. The van der Waals surface area contributed by atoms with Gasteiger partial charge in [0.15, 0.2) is 5.82 Å². The first-order valence-electron chi connectivity index (χ1n) is 7.35. The third-order valence-corrected chi connectivity index (χ3v) is 3.78. The highest BCUT2D eigenvalue weighted by molar-refractivity contribution is 5.95. The highest BCUT2D eigenvalue weighted by Gasteiger charge is 2.27. The number of aromatic nitrogens is 2. The molecule has 122 valence electrons. The van der Waals surface area contributed by atoms with Gasteiger partial charge >= 0.3 is 5.97 Å². The molecule has 2 atom stereocenters. The minimum absolute atomic E-state index is 0.112. The van der Waals surface area contributed by atoms with E-state index in [2.05, 4.69) is 15.3 Å². The van der Waals surface area contributed by atoms with Crippen molar-refractivity contribution in [3.8, 4) is 0 Å². The van der Waals surface area contributed by atoms with Crippen LogP contribution < -0.4 is 10.9 Å². The van der Waals surface area contributed by atoms with E-state index in [1.165, 1.54) is 7.11 Å². The predicted molar refractivity (Wildman–Crippen MR) is 85.1 cm³/mol. The lowest BCUT2D eigenvalue weighted by Crippen LogP contribution is -2.46. The molecule has 1 heterocycles. The topological polar surface area (TPSA) is 101 Å². The molecule has 1 amide bonds. The Morgan fingerprint density at radius 3 is 2.70 bits per heavy atom. The molecule has 2 rings (SSSR count). The molecule has 0 unspecified atom stereocenters. The summed E-state index contributed by atoms with van der Waals surface area (Å²) < 4.78 is 4.72. The summed E-state index contributed by atoms with van der Waals surface area (Å²) in [7, 11) is 1.26.